The van der Waals surface area contributed by atoms with E-state index in [1.807, 2.05) is 5.38 Å². The molecule has 1 rings (SSSR count). The smallest absolute Gasteiger partial charge is 0.0973 e. The first-order valence-corrected chi connectivity index (χ1v) is 6.31. The van der Waals surface area contributed by atoms with Gasteiger partial charge in [0.15, 0.2) is 0 Å². The summed E-state index contributed by atoms with van der Waals surface area (Å²) in [4.78, 5) is 2.26. The molecule has 0 unspecified atom stereocenters. The van der Waals surface area contributed by atoms with Crippen molar-refractivity contribution in [2.75, 3.05) is 20.1 Å². The van der Waals surface area contributed by atoms with Crippen LogP contribution in [0.3, 0.4) is 0 Å². The van der Waals surface area contributed by atoms with Crippen molar-refractivity contribution in [3.63, 3.8) is 0 Å². The van der Waals surface area contributed by atoms with Crippen LogP contribution in [-0.4, -0.2) is 25.0 Å². The minimum absolute atomic E-state index is 0. The fraction of sp³-hybridized carbons (Fsp3) is 0.636. The topological polar surface area (TPSA) is 29.3 Å². The molecule has 0 aliphatic carbocycles. The minimum atomic E-state index is 0. The average Bonchev–Trinajstić information content (AvgIpc) is 2.51. The van der Waals surface area contributed by atoms with Gasteiger partial charge < -0.3 is 10.6 Å². The number of rotatable bonds is 5. The molecule has 1 heterocycles. The van der Waals surface area contributed by atoms with Gasteiger partial charge in [-0.2, -0.15) is 0 Å². The standard InChI is InChI=1S/C11H19ClN2S.ClH/c1-11(2,7-13)8-14(3)6-9-4-5-15-10(9)12;/h4-5H,6-8,13H2,1-3H3;1H. The van der Waals surface area contributed by atoms with Gasteiger partial charge in [0.2, 0.25) is 0 Å². The van der Waals surface area contributed by atoms with Crippen LogP contribution in [0, 0.1) is 5.41 Å². The third-order valence-electron chi connectivity index (χ3n) is 2.38. The Balaban J connectivity index is 0.00000225. The van der Waals surface area contributed by atoms with Crippen LogP contribution >= 0.6 is 35.3 Å². The minimum Gasteiger partial charge on any atom is -0.330 e. The van der Waals surface area contributed by atoms with E-state index in [0.717, 1.165) is 17.4 Å². The first kappa shape index (κ1) is 16.2. The Labute approximate surface area is 113 Å². The van der Waals surface area contributed by atoms with Gasteiger partial charge in [-0.3, -0.25) is 0 Å². The summed E-state index contributed by atoms with van der Waals surface area (Å²) in [6.07, 6.45) is 0. The zero-order valence-electron chi connectivity index (χ0n) is 10.00. The molecule has 0 aliphatic rings. The molecule has 0 aromatic carbocycles. The monoisotopic (exact) mass is 282 g/mol. The maximum atomic E-state index is 6.06. The Morgan fingerprint density at radius 2 is 2.12 bits per heavy atom. The molecule has 0 spiro atoms. The van der Waals surface area contributed by atoms with Gasteiger partial charge in [0.25, 0.3) is 0 Å². The third kappa shape index (κ3) is 5.02. The summed E-state index contributed by atoms with van der Waals surface area (Å²) in [5.74, 6) is 0. The van der Waals surface area contributed by atoms with Gasteiger partial charge in [0.05, 0.1) is 4.34 Å². The van der Waals surface area contributed by atoms with E-state index in [1.165, 1.54) is 5.56 Å². The van der Waals surface area contributed by atoms with Crippen molar-refractivity contribution in [2.24, 2.45) is 11.1 Å². The number of hydrogen-bond acceptors (Lipinski definition) is 3. The van der Waals surface area contributed by atoms with Crippen LogP contribution in [0.4, 0.5) is 0 Å². The maximum Gasteiger partial charge on any atom is 0.0973 e. The van der Waals surface area contributed by atoms with Gasteiger partial charge in [-0.25, -0.2) is 0 Å². The van der Waals surface area contributed by atoms with Crippen LogP contribution < -0.4 is 5.73 Å². The highest BCUT2D eigenvalue weighted by atomic mass is 35.5. The summed E-state index contributed by atoms with van der Waals surface area (Å²) in [5, 5.41) is 2.03. The van der Waals surface area contributed by atoms with E-state index in [2.05, 4.69) is 31.9 Å². The molecule has 0 saturated heterocycles. The molecule has 0 radical (unpaired) electrons. The predicted octanol–water partition coefficient (Wildman–Crippen LogP) is 3.24. The Hall–Kier alpha value is 0.200. The van der Waals surface area contributed by atoms with E-state index in [1.54, 1.807) is 11.3 Å². The number of nitrogens with zero attached hydrogens (tertiary/aromatic N) is 1. The molecule has 0 atom stereocenters. The van der Waals surface area contributed by atoms with Gasteiger partial charge in [0.1, 0.15) is 0 Å². The highest BCUT2D eigenvalue weighted by Gasteiger charge is 2.18. The van der Waals surface area contributed by atoms with Crippen LogP contribution in [0.2, 0.25) is 4.34 Å². The number of thiophene rings is 1. The van der Waals surface area contributed by atoms with Gasteiger partial charge >= 0.3 is 0 Å². The maximum absolute atomic E-state index is 6.06. The summed E-state index contributed by atoms with van der Waals surface area (Å²) < 4.78 is 0.896. The average molecular weight is 283 g/mol. The highest BCUT2D eigenvalue weighted by molar-refractivity contribution is 7.14. The largest absolute Gasteiger partial charge is 0.330 e. The van der Waals surface area contributed by atoms with Crippen molar-refractivity contribution in [1.82, 2.24) is 4.90 Å². The molecular formula is C11H20Cl2N2S. The van der Waals surface area contributed by atoms with Crippen molar-refractivity contribution in [2.45, 2.75) is 20.4 Å². The zero-order valence-corrected chi connectivity index (χ0v) is 12.4. The molecule has 1 aromatic rings. The van der Waals surface area contributed by atoms with E-state index in [0.29, 0.717) is 6.54 Å². The van der Waals surface area contributed by atoms with E-state index >= 15 is 0 Å². The third-order valence-corrected chi connectivity index (χ3v) is 3.64. The summed E-state index contributed by atoms with van der Waals surface area (Å²) in [6, 6.07) is 2.08. The normalized spacial score (nSPS) is 11.6. The number of hydrogen-bond donors (Lipinski definition) is 1. The Bertz CT molecular complexity index is 313. The number of nitrogens with two attached hydrogens (primary N) is 1. The van der Waals surface area contributed by atoms with E-state index < -0.39 is 0 Å². The lowest BCUT2D eigenvalue weighted by atomic mass is 9.93. The summed E-state index contributed by atoms with van der Waals surface area (Å²) in [5.41, 5.74) is 7.08. The second-order valence-corrected chi connectivity index (χ2v) is 6.28. The molecule has 5 heteroatoms. The van der Waals surface area contributed by atoms with Crippen LogP contribution in [0.5, 0.6) is 0 Å². The van der Waals surface area contributed by atoms with E-state index in [-0.39, 0.29) is 17.8 Å². The molecule has 0 fully saturated rings. The molecular weight excluding hydrogens is 263 g/mol. The molecule has 0 amide bonds. The van der Waals surface area contributed by atoms with Gasteiger partial charge in [-0.15, -0.1) is 23.7 Å². The second-order valence-electron chi connectivity index (χ2n) is 4.76. The lowest BCUT2D eigenvalue weighted by Gasteiger charge is -2.28. The van der Waals surface area contributed by atoms with Crippen molar-refractivity contribution in [3.05, 3.63) is 21.3 Å². The van der Waals surface area contributed by atoms with Crippen LogP contribution in [0.15, 0.2) is 11.4 Å². The molecule has 1 aromatic heterocycles. The molecule has 0 aliphatic heterocycles. The first-order valence-electron chi connectivity index (χ1n) is 5.05. The fourth-order valence-corrected chi connectivity index (χ4v) is 2.49. The van der Waals surface area contributed by atoms with Gasteiger partial charge in [-0.1, -0.05) is 25.4 Å². The van der Waals surface area contributed by atoms with Crippen LogP contribution in [0.1, 0.15) is 19.4 Å². The van der Waals surface area contributed by atoms with Gasteiger partial charge in [0, 0.05) is 13.1 Å². The zero-order chi connectivity index (χ0) is 11.5. The molecule has 94 valence electrons. The molecule has 2 N–H and O–H groups in total. The lowest BCUT2D eigenvalue weighted by Crippen LogP contribution is -2.36. The lowest BCUT2D eigenvalue weighted by molar-refractivity contribution is 0.210. The summed E-state index contributed by atoms with van der Waals surface area (Å²) >= 11 is 7.64. The first-order chi connectivity index (χ1) is 6.94. The molecule has 0 bridgehead atoms. The highest BCUT2D eigenvalue weighted by Crippen LogP contribution is 2.24. The SMILES string of the molecule is CN(Cc1ccsc1Cl)CC(C)(C)CN.Cl. The van der Waals surface area contributed by atoms with Crippen LogP contribution in [0.25, 0.3) is 0 Å². The van der Waals surface area contributed by atoms with Crippen molar-refractivity contribution in [3.8, 4) is 0 Å². The van der Waals surface area contributed by atoms with Crippen molar-refractivity contribution >= 4 is 35.3 Å². The van der Waals surface area contributed by atoms with Crippen LogP contribution in [-0.2, 0) is 6.54 Å². The molecule has 16 heavy (non-hydrogen) atoms. The van der Waals surface area contributed by atoms with E-state index in [4.69, 9.17) is 17.3 Å². The van der Waals surface area contributed by atoms with Gasteiger partial charge in [-0.05, 0) is 36.0 Å². The quantitative estimate of drug-likeness (QED) is 0.899. The molecule has 2 nitrogen and oxygen atoms in total. The van der Waals surface area contributed by atoms with E-state index in [9.17, 15) is 0 Å². The Kier molecular flexibility index (Phi) is 6.90. The Morgan fingerprint density at radius 3 is 2.56 bits per heavy atom. The van der Waals surface area contributed by atoms with Crippen molar-refractivity contribution < 1.29 is 0 Å². The molecule has 0 saturated carbocycles. The summed E-state index contributed by atoms with van der Waals surface area (Å²) in [7, 11) is 2.10. The summed E-state index contributed by atoms with van der Waals surface area (Å²) in [6.45, 7) is 6.94. The fourth-order valence-electron chi connectivity index (χ4n) is 1.57. The second kappa shape index (κ2) is 6.82. The predicted molar refractivity (Wildman–Crippen MR) is 75.7 cm³/mol. The number of halogens is 2. The van der Waals surface area contributed by atoms with Crippen molar-refractivity contribution in [1.29, 1.82) is 0 Å². The Morgan fingerprint density at radius 1 is 1.50 bits per heavy atom.